The van der Waals surface area contributed by atoms with Crippen LogP contribution in [0.1, 0.15) is 16.1 Å². The fraction of sp³-hybridized carbons (Fsp3) is 0.148. The fourth-order valence-corrected chi connectivity index (χ4v) is 4.76. The minimum Gasteiger partial charge on any atom is -0.477 e. The van der Waals surface area contributed by atoms with Gasteiger partial charge in [0.25, 0.3) is 0 Å². The summed E-state index contributed by atoms with van der Waals surface area (Å²) in [5.41, 5.74) is 3.37. The zero-order valence-corrected chi connectivity index (χ0v) is 22.1. The van der Waals surface area contributed by atoms with Crippen molar-refractivity contribution in [3.63, 3.8) is 0 Å². The van der Waals surface area contributed by atoms with Crippen LogP contribution < -0.4 is 10.4 Å². The van der Waals surface area contributed by atoms with E-state index in [4.69, 9.17) is 21.6 Å². The van der Waals surface area contributed by atoms with Gasteiger partial charge in [-0.15, -0.1) is 15.2 Å². The first-order valence-corrected chi connectivity index (χ1v) is 12.9. The molecule has 1 aliphatic rings. The second kappa shape index (κ2) is 11.3. The molecule has 3 heterocycles. The first kappa shape index (κ1) is 26.4. The summed E-state index contributed by atoms with van der Waals surface area (Å²) in [7, 11) is 0. The van der Waals surface area contributed by atoms with Crippen molar-refractivity contribution in [2.45, 2.75) is 12.5 Å². The second-order valence-corrected chi connectivity index (χ2v) is 9.70. The Hall–Kier alpha value is -4.82. The lowest BCUT2D eigenvalue weighted by Gasteiger charge is -2.36. The minimum atomic E-state index is -1.06. The van der Waals surface area contributed by atoms with Crippen LogP contribution in [0.15, 0.2) is 79.1 Å². The number of carboxylic acids is 1. The number of carbonyl (C=O) groups is 2. The third-order valence-corrected chi connectivity index (χ3v) is 6.82. The molecule has 2 aromatic heterocycles. The molecule has 3 aromatic carbocycles. The molecule has 5 aromatic rings. The summed E-state index contributed by atoms with van der Waals surface area (Å²) in [4.78, 5) is 39.1. The Kier molecular flexibility index (Phi) is 7.31. The highest BCUT2D eigenvalue weighted by Crippen LogP contribution is 2.30. The molecule has 41 heavy (non-hydrogen) atoms. The SMILES string of the molecule is O=C(O)c1cc2cc(NC(=O)[C@H](Cc3ccccc3)N3CCN(c4cc(Cl)ccc4-n4cnnn4)OO3)ccc2[nH]1. The summed E-state index contributed by atoms with van der Waals surface area (Å²) in [6.45, 7) is 0.645. The Morgan fingerprint density at radius 3 is 2.61 bits per heavy atom. The molecule has 0 spiro atoms. The van der Waals surface area contributed by atoms with Crippen LogP contribution in [0.3, 0.4) is 0 Å². The summed E-state index contributed by atoms with van der Waals surface area (Å²) >= 11 is 6.26. The van der Waals surface area contributed by atoms with E-state index < -0.39 is 12.0 Å². The average Bonchev–Trinajstić information content (AvgIpc) is 3.67. The standard InChI is InChI=1S/C27H23ClN8O5/c28-19-6-9-23(34-16-29-32-33-34)24(15-19)35-10-11-36(41-40-35)25(12-17-4-2-1-3-5-17)26(37)30-20-7-8-21-18(13-20)14-22(31-21)27(38)39/h1-9,13-16,25,31H,10-12H2,(H,30,37)(H,38,39)/t25-/m0/s1. The van der Waals surface area contributed by atoms with Crippen LogP contribution in [0.5, 0.6) is 0 Å². The predicted molar refractivity (Wildman–Crippen MR) is 148 cm³/mol. The van der Waals surface area contributed by atoms with Crippen LogP contribution in [-0.2, 0) is 21.2 Å². The van der Waals surface area contributed by atoms with E-state index in [-0.39, 0.29) is 11.6 Å². The Morgan fingerprint density at radius 1 is 1.02 bits per heavy atom. The van der Waals surface area contributed by atoms with Crippen molar-refractivity contribution in [2.75, 3.05) is 23.5 Å². The number of nitrogens with one attached hydrogen (secondary N) is 2. The minimum absolute atomic E-state index is 0.0665. The summed E-state index contributed by atoms with van der Waals surface area (Å²) in [6.07, 6.45) is 1.80. The summed E-state index contributed by atoms with van der Waals surface area (Å²) < 4.78 is 1.48. The largest absolute Gasteiger partial charge is 0.477 e. The number of aromatic nitrogens is 5. The molecule has 0 radical (unpaired) electrons. The molecule has 6 rings (SSSR count). The van der Waals surface area contributed by atoms with Gasteiger partial charge >= 0.3 is 5.97 Å². The van der Waals surface area contributed by atoms with Gasteiger partial charge in [-0.3, -0.25) is 4.79 Å². The number of H-pyrrole nitrogens is 1. The monoisotopic (exact) mass is 574 g/mol. The first-order chi connectivity index (χ1) is 19.9. The summed E-state index contributed by atoms with van der Waals surface area (Å²) in [5.74, 6) is -1.38. The van der Waals surface area contributed by atoms with Gasteiger partial charge in [0.1, 0.15) is 18.1 Å². The Bertz CT molecular complexity index is 1690. The first-order valence-electron chi connectivity index (χ1n) is 12.6. The van der Waals surface area contributed by atoms with E-state index in [1.54, 1.807) is 36.4 Å². The Morgan fingerprint density at radius 2 is 1.88 bits per heavy atom. The highest BCUT2D eigenvalue weighted by atomic mass is 35.5. The van der Waals surface area contributed by atoms with Gasteiger partial charge in [0.15, 0.2) is 0 Å². The number of aromatic carboxylic acids is 1. The van der Waals surface area contributed by atoms with Crippen molar-refractivity contribution < 1.29 is 24.7 Å². The molecule has 1 saturated heterocycles. The molecule has 0 unspecified atom stereocenters. The van der Waals surface area contributed by atoms with Gasteiger partial charge in [-0.2, -0.15) is 4.68 Å². The van der Waals surface area contributed by atoms with Crippen molar-refractivity contribution in [3.8, 4) is 5.69 Å². The van der Waals surface area contributed by atoms with E-state index in [2.05, 4.69) is 25.8 Å². The number of fused-ring (bicyclic) bond motifs is 1. The predicted octanol–water partition coefficient (Wildman–Crippen LogP) is 3.65. The number of aromatic amines is 1. The molecule has 1 amide bonds. The number of carboxylic acid groups (broad SMARTS) is 1. The van der Waals surface area contributed by atoms with Gasteiger partial charge in [-0.1, -0.05) is 46.9 Å². The lowest BCUT2D eigenvalue weighted by atomic mass is 10.0. The van der Waals surface area contributed by atoms with Crippen LogP contribution in [0, 0.1) is 0 Å². The van der Waals surface area contributed by atoms with Gasteiger partial charge in [-0.05, 0) is 64.9 Å². The third kappa shape index (κ3) is 5.73. The number of rotatable bonds is 8. The van der Waals surface area contributed by atoms with Crippen molar-refractivity contribution in [1.29, 1.82) is 0 Å². The maximum absolute atomic E-state index is 13.6. The van der Waals surface area contributed by atoms with Gasteiger partial charge in [0.05, 0.1) is 17.9 Å². The number of tetrazole rings is 1. The van der Waals surface area contributed by atoms with E-state index in [1.165, 1.54) is 27.2 Å². The van der Waals surface area contributed by atoms with Crippen LogP contribution in [-0.4, -0.2) is 66.4 Å². The molecule has 1 atom stereocenters. The van der Waals surface area contributed by atoms with Crippen LogP contribution in [0.4, 0.5) is 11.4 Å². The Balaban J connectivity index is 1.21. The van der Waals surface area contributed by atoms with E-state index in [1.807, 2.05) is 30.3 Å². The van der Waals surface area contributed by atoms with Crippen molar-refractivity contribution >= 4 is 45.8 Å². The van der Waals surface area contributed by atoms with E-state index >= 15 is 0 Å². The number of benzene rings is 3. The zero-order chi connectivity index (χ0) is 28.3. The van der Waals surface area contributed by atoms with Gasteiger partial charge in [0.2, 0.25) is 5.91 Å². The average molecular weight is 575 g/mol. The van der Waals surface area contributed by atoms with Crippen molar-refractivity contribution in [1.82, 2.24) is 30.3 Å². The molecule has 3 N–H and O–H groups in total. The molecular formula is C27H23ClN8O5. The van der Waals surface area contributed by atoms with Crippen LogP contribution in [0.25, 0.3) is 16.6 Å². The number of hydrogen-bond donors (Lipinski definition) is 3. The highest BCUT2D eigenvalue weighted by Gasteiger charge is 2.33. The van der Waals surface area contributed by atoms with Crippen LogP contribution >= 0.6 is 11.6 Å². The summed E-state index contributed by atoms with van der Waals surface area (Å²) in [6, 6.07) is 20.7. The van der Waals surface area contributed by atoms with Crippen molar-refractivity contribution in [2.24, 2.45) is 0 Å². The van der Waals surface area contributed by atoms with Gasteiger partial charge in [-0.25, -0.2) is 9.86 Å². The summed E-state index contributed by atoms with van der Waals surface area (Å²) in [5, 5.41) is 27.7. The molecule has 0 saturated carbocycles. The molecule has 1 aliphatic heterocycles. The number of hydroxylamine groups is 3. The lowest BCUT2D eigenvalue weighted by molar-refractivity contribution is -0.456. The Labute approximate surface area is 237 Å². The zero-order valence-electron chi connectivity index (χ0n) is 21.3. The molecule has 0 bridgehead atoms. The number of hydrogen-bond acceptors (Lipinski definition) is 9. The fourth-order valence-electron chi connectivity index (χ4n) is 4.59. The van der Waals surface area contributed by atoms with Gasteiger partial charge in [0, 0.05) is 28.2 Å². The van der Waals surface area contributed by atoms with E-state index in [0.29, 0.717) is 52.5 Å². The third-order valence-electron chi connectivity index (χ3n) is 6.59. The smallest absolute Gasteiger partial charge is 0.352 e. The topological polar surface area (TPSA) is 151 Å². The maximum Gasteiger partial charge on any atom is 0.352 e. The number of carbonyl (C=O) groups excluding carboxylic acids is 1. The van der Waals surface area contributed by atoms with E-state index in [9.17, 15) is 14.7 Å². The molecule has 208 valence electrons. The number of anilines is 2. The normalized spacial score (nSPS) is 14.7. The molecule has 13 nitrogen and oxygen atoms in total. The molecule has 0 aliphatic carbocycles. The van der Waals surface area contributed by atoms with Crippen LogP contribution in [0.2, 0.25) is 5.02 Å². The quantitative estimate of drug-likeness (QED) is 0.234. The lowest BCUT2D eigenvalue weighted by Crippen LogP contribution is -2.52. The highest BCUT2D eigenvalue weighted by molar-refractivity contribution is 6.31. The molecule has 1 fully saturated rings. The maximum atomic E-state index is 13.6. The molecule has 14 heteroatoms. The number of amides is 1. The second-order valence-electron chi connectivity index (χ2n) is 9.26. The van der Waals surface area contributed by atoms with Crippen molar-refractivity contribution in [3.05, 3.63) is 95.4 Å². The van der Waals surface area contributed by atoms with Gasteiger partial charge < -0.3 is 15.4 Å². The number of nitrogens with zero attached hydrogens (tertiary/aromatic N) is 6. The van der Waals surface area contributed by atoms with E-state index in [0.717, 1.165) is 5.56 Å². The molecular weight excluding hydrogens is 552 g/mol. The number of halogens is 1.